The highest BCUT2D eigenvalue weighted by Gasteiger charge is 2.47. The number of imide groups is 1. The Morgan fingerprint density at radius 3 is 2.23 bits per heavy atom. The van der Waals surface area contributed by atoms with Crippen molar-refractivity contribution in [1.29, 1.82) is 0 Å². The summed E-state index contributed by atoms with van der Waals surface area (Å²) in [5.74, 6) is -1.08. The third-order valence-corrected chi connectivity index (χ3v) is 4.94. The molecule has 0 aromatic heterocycles. The predicted octanol–water partition coefficient (Wildman–Crippen LogP) is 2.25. The zero-order valence-corrected chi connectivity index (χ0v) is 15.2. The largest absolute Gasteiger partial charge is 0.495 e. The van der Waals surface area contributed by atoms with Gasteiger partial charge in [-0.2, -0.15) is 0 Å². The lowest BCUT2D eigenvalue weighted by molar-refractivity contribution is -0.142. The molecular formula is C18H19ClN2O5. The van der Waals surface area contributed by atoms with Gasteiger partial charge in [0.1, 0.15) is 18.0 Å². The van der Waals surface area contributed by atoms with Crippen molar-refractivity contribution in [2.75, 3.05) is 26.1 Å². The van der Waals surface area contributed by atoms with Gasteiger partial charge in [-0.15, -0.1) is 0 Å². The summed E-state index contributed by atoms with van der Waals surface area (Å²) in [5.41, 5.74) is 0.344. The van der Waals surface area contributed by atoms with Gasteiger partial charge >= 0.3 is 0 Å². The summed E-state index contributed by atoms with van der Waals surface area (Å²) in [6.45, 7) is -0.335. The number of carbonyl (C=O) groups is 3. The molecule has 1 aromatic rings. The van der Waals surface area contributed by atoms with Crippen LogP contribution in [0.5, 0.6) is 11.5 Å². The summed E-state index contributed by atoms with van der Waals surface area (Å²) in [6, 6.07) is 3.04. The van der Waals surface area contributed by atoms with E-state index in [1.54, 1.807) is 0 Å². The molecule has 0 spiro atoms. The lowest BCUT2D eigenvalue weighted by Crippen LogP contribution is -2.38. The Labute approximate surface area is 155 Å². The van der Waals surface area contributed by atoms with E-state index in [0.29, 0.717) is 35.1 Å². The predicted molar refractivity (Wildman–Crippen MR) is 95.3 cm³/mol. The molecule has 1 N–H and O–H groups in total. The first kappa shape index (κ1) is 18.3. The number of allylic oxidation sites excluding steroid dienone is 2. The van der Waals surface area contributed by atoms with Gasteiger partial charge in [0.25, 0.3) is 0 Å². The molecule has 2 aliphatic rings. The first-order valence-electron chi connectivity index (χ1n) is 8.17. The summed E-state index contributed by atoms with van der Waals surface area (Å²) < 4.78 is 10.3. The molecule has 138 valence electrons. The fraction of sp³-hybridized carbons (Fsp3) is 0.389. The molecule has 0 bridgehead atoms. The number of rotatable bonds is 5. The maximum Gasteiger partial charge on any atom is 0.244 e. The van der Waals surface area contributed by atoms with Crippen LogP contribution in [-0.4, -0.2) is 43.4 Å². The number of hydrogen-bond acceptors (Lipinski definition) is 5. The molecule has 3 amide bonds. The van der Waals surface area contributed by atoms with Gasteiger partial charge in [0.05, 0.1) is 36.8 Å². The second-order valence-corrected chi connectivity index (χ2v) is 6.56. The van der Waals surface area contributed by atoms with Gasteiger partial charge in [-0.1, -0.05) is 23.8 Å². The Kier molecular flexibility index (Phi) is 5.18. The van der Waals surface area contributed by atoms with E-state index in [9.17, 15) is 14.4 Å². The first-order valence-corrected chi connectivity index (χ1v) is 8.55. The quantitative estimate of drug-likeness (QED) is 0.627. The molecule has 2 atom stereocenters. The van der Waals surface area contributed by atoms with Gasteiger partial charge in [-0.05, 0) is 12.8 Å². The van der Waals surface area contributed by atoms with Crippen LogP contribution in [0.2, 0.25) is 5.02 Å². The van der Waals surface area contributed by atoms with Crippen LogP contribution in [0.25, 0.3) is 0 Å². The normalized spacial score (nSPS) is 21.6. The summed E-state index contributed by atoms with van der Waals surface area (Å²) >= 11 is 6.04. The van der Waals surface area contributed by atoms with Gasteiger partial charge < -0.3 is 14.8 Å². The maximum atomic E-state index is 12.4. The summed E-state index contributed by atoms with van der Waals surface area (Å²) in [4.78, 5) is 38.3. The minimum absolute atomic E-state index is 0.292. The van der Waals surface area contributed by atoms with E-state index in [4.69, 9.17) is 21.1 Å². The smallest absolute Gasteiger partial charge is 0.244 e. The van der Waals surface area contributed by atoms with Crippen LogP contribution < -0.4 is 14.8 Å². The zero-order chi connectivity index (χ0) is 18.8. The molecule has 1 fully saturated rings. The summed E-state index contributed by atoms with van der Waals surface area (Å²) in [6.07, 6.45) is 4.88. The van der Waals surface area contributed by atoms with Gasteiger partial charge in [-0.3, -0.25) is 19.3 Å². The molecule has 1 aromatic carbocycles. The standard InChI is InChI=1S/C18H19ClN2O5/c1-25-14-8-13(15(26-2)7-12(14)19)20-16(22)9-21-17(23)10-5-3-4-6-11(10)18(21)24/h3-4,7-8,10-11H,5-6,9H2,1-2H3,(H,20,22). The monoisotopic (exact) mass is 378 g/mol. The van der Waals surface area contributed by atoms with Crippen molar-refractivity contribution in [1.82, 2.24) is 4.90 Å². The number of anilines is 1. The van der Waals surface area contributed by atoms with Crippen molar-refractivity contribution >= 4 is 35.0 Å². The lowest BCUT2D eigenvalue weighted by atomic mass is 9.85. The summed E-state index contributed by atoms with van der Waals surface area (Å²) in [7, 11) is 2.90. The number of nitrogens with zero attached hydrogens (tertiary/aromatic N) is 1. The number of nitrogens with one attached hydrogen (secondary N) is 1. The number of methoxy groups -OCH3 is 2. The Morgan fingerprint density at radius 2 is 1.69 bits per heavy atom. The SMILES string of the molecule is COc1cc(NC(=O)CN2C(=O)C3CC=CCC3C2=O)c(OC)cc1Cl. The van der Waals surface area contributed by atoms with Crippen molar-refractivity contribution in [2.45, 2.75) is 12.8 Å². The number of likely N-dealkylation sites (tertiary alicyclic amines) is 1. The third kappa shape index (κ3) is 3.26. The van der Waals surface area contributed by atoms with Crippen molar-refractivity contribution < 1.29 is 23.9 Å². The molecule has 1 aliphatic carbocycles. The van der Waals surface area contributed by atoms with Crippen LogP contribution in [-0.2, 0) is 14.4 Å². The minimum atomic E-state index is -0.499. The number of halogens is 1. The minimum Gasteiger partial charge on any atom is -0.495 e. The molecule has 0 saturated carbocycles. The number of carbonyl (C=O) groups excluding carboxylic acids is 3. The Bertz CT molecular complexity index is 766. The fourth-order valence-electron chi connectivity index (χ4n) is 3.32. The number of ether oxygens (including phenoxy) is 2. The van der Waals surface area contributed by atoms with E-state index < -0.39 is 5.91 Å². The Hall–Kier alpha value is -2.54. The topological polar surface area (TPSA) is 84.9 Å². The van der Waals surface area contributed by atoms with E-state index >= 15 is 0 Å². The molecular weight excluding hydrogens is 360 g/mol. The van der Waals surface area contributed by atoms with Gasteiger partial charge in [-0.25, -0.2) is 0 Å². The summed E-state index contributed by atoms with van der Waals surface area (Å²) in [5, 5.41) is 2.99. The zero-order valence-electron chi connectivity index (χ0n) is 14.5. The van der Waals surface area contributed by atoms with Crippen LogP contribution in [0.4, 0.5) is 5.69 Å². The second kappa shape index (κ2) is 7.37. The van der Waals surface area contributed by atoms with Gasteiger partial charge in [0.15, 0.2) is 0 Å². The average Bonchev–Trinajstić information content (AvgIpc) is 2.88. The number of amides is 3. The number of hydrogen-bond donors (Lipinski definition) is 1. The first-order chi connectivity index (χ1) is 12.5. The Balaban J connectivity index is 1.73. The van der Waals surface area contributed by atoms with Crippen LogP contribution in [0, 0.1) is 11.8 Å². The molecule has 26 heavy (non-hydrogen) atoms. The molecule has 1 saturated heterocycles. The van der Waals surface area contributed by atoms with Gasteiger partial charge in [0.2, 0.25) is 17.7 Å². The molecule has 2 unspecified atom stereocenters. The molecule has 8 heteroatoms. The lowest BCUT2D eigenvalue weighted by Gasteiger charge is -2.16. The third-order valence-electron chi connectivity index (χ3n) is 4.65. The van der Waals surface area contributed by atoms with Crippen LogP contribution in [0.15, 0.2) is 24.3 Å². The molecule has 1 heterocycles. The number of fused-ring (bicyclic) bond motifs is 1. The van der Waals surface area contributed by atoms with E-state index in [2.05, 4.69) is 5.32 Å². The van der Waals surface area contributed by atoms with Crippen LogP contribution in [0.3, 0.4) is 0 Å². The molecule has 1 aliphatic heterocycles. The Morgan fingerprint density at radius 1 is 1.12 bits per heavy atom. The highest BCUT2D eigenvalue weighted by molar-refractivity contribution is 6.32. The van der Waals surface area contributed by atoms with E-state index in [-0.39, 0.29) is 30.2 Å². The van der Waals surface area contributed by atoms with E-state index in [0.717, 1.165) is 4.90 Å². The van der Waals surface area contributed by atoms with Crippen LogP contribution in [0.1, 0.15) is 12.8 Å². The van der Waals surface area contributed by atoms with Crippen LogP contribution >= 0.6 is 11.6 Å². The molecule has 3 rings (SSSR count). The van der Waals surface area contributed by atoms with Gasteiger partial charge in [0, 0.05) is 12.1 Å². The van der Waals surface area contributed by atoms with E-state index in [1.807, 2.05) is 12.2 Å². The van der Waals surface area contributed by atoms with Crippen molar-refractivity contribution in [2.24, 2.45) is 11.8 Å². The average molecular weight is 379 g/mol. The van der Waals surface area contributed by atoms with Crippen molar-refractivity contribution in [3.8, 4) is 11.5 Å². The molecule has 7 nitrogen and oxygen atoms in total. The molecule has 0 radical (unpaired) electrons. The highest BCUT2D eigenvalue weighted by atomic mass is 35.5. The second-order valence-electron chi connectivity index (χ2n) is 6.15. The highest BCUT2D eigenvalue weighted by Crippen LogP contribution is 2.37. The fourth-order valence-corrected chi connectivity index (χ4v) is 3.55. The maximum absolute atomic E-state index is 12.4. The van der Waals surface area contributed by atoms with E-state index in [1.165, 1.54) is 26.4 Å². The number of benzene rings is 1. The van der Waals surface area contributed by atoms with Crippen molar-refractivity contribution in [3.63, 3.8) is 0 Å². The van der Waals surface area contributed by atoms with Crippen molar-refractivity contribution in [3.05, 3.63) is 29.3 Å².